The molecule has 8 aromatic heterocycles. The van der Waals surface area contributed by atoms with Gasteiger partial charge < -0.3 is 34.2 Å². The molecule has 0 fully saturated rings. The number of aromatic nitrogens is 12. The second-order valence-corrected chi connectivity index (χ2v) is 38.6. The average molecular weight is 1390 g/mol. The molecular formula is C52H64ClN13O4S13. The number of nitrogens with zero attached hydrogens (tertiary/aromatic N) is 10. The van der Waals surface area contributed by atoms with Crippen LogP contribution in [-0.2, 0) is 126 Å². The Morgan fingerprint density at radius 1 is 0.578 bits per heavy atom. The first kappa shape index (κ1) is 67.7. The van der Waals surface area contributed by atoms with E-state index in [-0.39, 0.29) is 13.5 Å². The molecule has 0 aliphatic carbocycles. The van der Waals surface area contributed by atoms with Crippen molar-refractivity contribution in [3.05, 3.63) is 97.9 Å². The largest absolute Gasteiger partial charge is 0.496 e. The summed E-state index contributed by atoms with van der Waals surface area (Å²) in [5, 5.41) is 21.4. The summed E-state index contributed by atoms with van der Waals surface area (Å²) in [5.41, 5.74) is 21.1. The summed E-state index contributed by atoms with van der Waals surface area (Å²) in [6.07, 6.45) is 0.672. The number of methoxy groups -OCH3 is 2. The molecule has 10 rings (SSSR count). The van der Waals surface area contributed by atoms with Crippen LogP contribution in [0.15, 0.2) is 33.3 Å². The second-order valence-electron chi connectivity index (χ2n) is 18.8. The van der Waals surface area contributed by atoms with E-state index in [0.717, 1.165) is 129 Å². The van der Waals surface area contributed by atoms with Crippen molar-refractivity contribution in [2.45, 2.75) is 123 Å². The maximum Gasteiger partial charge on any atom is 0.143 e. The van der Waals surface area contributed by atoms with Crippen molar-refractivity contribution in [3.8, 4) is 33.8 Å². The summed E-state index contributed by atoms with van der Waals surface area (Å²) in [4.78, 5) is 25.1. The van der Waals surface area contributed by atoms with Gasteiger partial charge >= 0.3 is 0 Å². The number of rotatable bonds is 8. The van der Waals surface area contributed by atoms with Crippen LogP contribution in [-0.4, -0.2) is 74.0 Å². The molecule has 0 atom stereocenters. The van der Waals surface area contributed by atoms with E-state index >= 15 is 0 Å². The van der Waals surface area contributed by atoms with Crippen LogP contribution < -0.4 is 15.2 Å². The van der Waals surface area contributed by atoms with Crippen molar-refractivity contribution >= 4 is 181 Å². The molecule has 17 nitrogen and oxygen atoms in total. The highest BCUT2D eigenvalue weighted by Gasteiger charge is 2.24. The summed E-state index contributed by atoms with van der Waals surface area (Å²) in [5.74, 6) is 5.12. The van der Waals surface area contributed by atoms with Gasteiger partial charge in [0, 0.05) is 188 Å². The van der Waals surface area contributed by atoms with Crippen LogP contribution in [0.2, 0.25) is 5.15 Å². The minimum absolute atomic E-state index is 0. The zero-order valence-corrected chi connectivity index (χ0v) is 58.9. The van der Waals surface area contributed by atoms with Crippen LogP contribution in [0.5, 0.6) is 11.5 Å². The molecule has 0 aliphatic rings. The molecule has 31 heteroatoms. The average Bonchev–Trinajstić information content (AvgIpc) is 2.40. The minimum atomic E-state index is 0. The molecule has 0 aliphatic heterocycles. The van der Waals surface area contributed by atoms with E-state index < -0.39 is 0 Å². The van der Waals surface area contributed by atoms with Gasteiger partial charge in [0.05, 0.1) is 59.2 Å². The Morgan fingerprint density at radius 3 is 1.40 bits per heavy atom. The third-order valence-corrected chi connectivity index (χ3v) is 35.4. The van der Waals surface area contributed by atoms with Crippen LogP contribution in [0.4, 0.5) is 5.82 Å². The fourth-order valence-electron chi connectivity index (χ4n) is 9.12. The Bertz CT molecular complexity index is 4500. The summed E-state index contributed by atoms with van der Waals surface area (Å²) in [6, 6.07) is 8.72. The highest BCUT2D eigenvalue weighted by molar-refractivity contribution is 8.75. The monoisotopic (exact) mass is 1390 g/mol. The van der Waals surface area contributed by atoms with Gasteiger partial charge in [-0.1, -0.05) is 29.3 Å². The normalized spacial score (nSPS) is 10.8. The number of ether oxygens (including phenoxy) is 2. The number of hydrogen-bond donors (Lipinski definition) is 3. The zero-order chi connectivity index (χ0) is 59.7. The molecule has 0 amide bonds. The van der Waals surface area contributed by atoms with Gasteiger partial charge in [0.2, 0.25) is 0 Å². The fourth-order valence-corrected chi connectivity index (χ4v) is 34.1. The van der Waals surface area contributed by atoms with Crippen LogP contribution >= 0.6 is 11.6 Å². The third kappa shape index (κ3) is 15.8. The Hall–Kier alpha value is -4.41. The van der Waals surface area contributed by atoms with E-state index in [1.807, 2.05) is 72.2 Å². The van der Waals surface area contributed by atoms with E-state index in [1.54, 1.807) is 94.1 Å². The number of aryl methyl sites for hydroxylation is 8. The first-order valence-electron chi connectivity index (χ1n) is 24.8. The fraction of sp³-hybridized carbons (Fsp3) is 0.385. The molecule has 0 spiro atoms. The van der Waals surface area contributed by atoms with Crippen molar-refractivity contribution in [1.82, 2.24) is 59.8 Å². The number of H-pyrrole nitrogens is 2. The predicted molar refractivity (Wildman–Crippen MR) is 374 cm³/mol. The van der Waals surface area contributed by atoms with Crippen LogP contribution in [0.1, 0.15) is 116 Å². The highest BCUT2D eigenvalue weighted by Crippen LogP contribution is 2.42. The predicted octanol–water partition coefficient (Wildman–Crippen LogP) is 12.3. The molecule has 0 radical (unpaired) electrons. The number of fused-ring (bicyclic) bond motifs is 6. The number of hydrogen-bond acceptors (Lipinski definition) is 15. The maximum atomic E-state index is 6.33. The molecule has 0 saturated carbocycles. The molecule has 4 N–H and O–H groups in total. The molecule has 2 aromatic carbocycles. The molecule has 446 valence electrons. The summed E-state index contributed by atoms with van der Waals surface area (Å²) in [6.45, 7) is 28.0. The van der Waals surface area contributed by atoms with Gasteiger partial charge in [0.1, 0.15) is 56.9 Å². The summed E-state index contributed by atoms with van der Waals surface area (Å²) >= 11 is 15.7. The molecule has 10 aromatic rings. The Labute approximate surface area is 528 Å². The summed E-state index contributed by atoms with van der Waals surface area (Å²) < 4.78 is 26.1. The molecule has 83 heavy (non-hydrogen) atoms. The number of nitrogen functional groups attached to an aromatic ring is 1. The van der Waals surface area contributed by atoms with E-state index in [9.17, 15) is 0 Å². The standard InChI is InChI=1S/C26H30N6O2.C17H15ClN4O2.C8H15N3.CH4.S13/c1-12(2)32-22(13(3)14(4)30-32)11-21-25-18-10-23(33-8)19(24-15(5)31-34-16(24)6)9-20(18)29-26(25)28-17(7)27-21;1-7-14(8(2)24-22-7)11-5-12-10(6-13(11)23-4)15-16(18)19-9(3)20-17(15)21-12;1-5(2)11-8(9)6(3)7(4)10-11;;1-3-5-7-9-11-13-12-10-8-6-4-2/h9-10,12H,11H2,1-8H3,(H,27,28,29);5-6H,1-4H3,(H,19,20,21);5H,9H2,1-4H3;1H4;. The number of nitrogens with two attached hydrogens (primary N) is 1. The van der Waals surface area contributed by atoms with Gasteiger partial charge in [-0.3, -0.25) is 4.68 Å². The van der Waals surface area contributed by atoms with Gasteiger partial charge in [-0.25, -0.2) is 24.6 Å². The number of anilines is 1. The van der Waals surface area contributed by atoms with E-state index in [2.05, 4.69) is 93.7 Å². The van der Waals surface area contributed by atoms with E-state index in [4.69, 9.17) is 73.3 Å². The third-order valence-electron chi connectivity index (χ3n) is 12.9. The first-order chi connectivity index (χ1) is 39.1. The minimum Gasteiger partial charge on any atom is -0.496 e. The molecule has 0 saturated heterocycles. The van der Waals surface area contributed by atoms with Crippen molar-refractivity contribution in [2.24, 2.45) is 0 Å². The molecular weight excluding hydrogens is 1320 g/mol. The van der Waals surface area contributed by atoms with Crippen molar-refractivity contribution in [3.63, 3.8) is 0 Å². The SMILES string of the molecule is C.COc1cc2c(cc1-c1c(C)noc1C)[nH]c1nc(C)nc(Cc3c(C)c(C)nn3C(C)C)c12.COc1cc2c(cc1-c1c(C)noc1C)[nH]c1nc(C)nc(Cl)c12.Cc1nn(C(C)C)c(N)c1C.S=S=S=S=S=S=S=S=S=S=S=S=S. The highest BCUT2D eigenvalue weighted by atomic mass is 35.5. The maximum absolute atomic E-state index is 6.33. The van der Waals surface area contributed by atoms with Crippen LogP contribution in [0.25, 0.3) is 66.1 Å². The van der Waals surface area contributed by atoms with E-state index in [0.29, 0.717) is 29.1 Å². The van der Waals surface area contributed by atoms with Crippen LogP contribution in [0.3, 0.4) is 0 Å². The molecule has 8 heterocycles. The molecule has 0 bridgehead atoms. The number of benzene rings is 2. The van der Waals surface area contributed by atoms with Crippen LogP contribution in [0, 0.1) is 69.2 Å². The Morgan fingerprint density at radius 2 is 1.00 bits per heavy atom. The quantitative estimate of drug-likeness (QED) is 0.121. The van der Waals surface area contributed by atoms with Crippen molar-refractivity contribution in [2.75, 3.05) is 20.0 Å². The topological polar surface area (TPSA) is 215 Å². The lowest BCUT2D eigenvalue weighted by atomic mass is 10.00. The molecule has 0 unspecified atom stereocenters. The van der Waals surface area contributed by atoms with Gasteiger partial charge in [-0.05, 0) is 127 Å². The van der Waals surface area contributed by atoms with Gasteiger partial charge in [-0.15, -0.1) is 0 Å². The lowest BCUT2D eigenvalue weighted by Crippen LogP contribution is -2.10. The smallest absolute Gasteiger partial charge is 0.143 e. The van der Waals surface area contributed by atoms with Gasteiger partial charge in [0.15, 0.2) is 0 Å². The number of aromatic amines is 2. The Kier molecular flexibility index (Phi) is 25.1. The van der Waals surface area contributed by atoms with Crippen molar-refractivity contribution in [1.29, 1.82) is 0 Å². The number of nitrogens with one attached hydrogen (secondary N) is 2. The van der Waals surface area contributed by atoms with Gasteiger partial charge in [0.25, 0.3) is 0 Å². The first-order valence-corrected chi connectivity index (χ1v) is 41.2. The summed E-state index contributed by atoms with van der Waals surface area (Å²) in [7, 11) is 21.4. The van der Waals surface area contributed by atoms with Gasteiger partial charge in [-0.2, -0.15) is 10.2 Å². The zero-order valence-electron chi connectivity index (χ0n) is 47.5. The number of halogens is 1. The lowest BCUT2D eigenvalue weighted by Gasteiger charge is -2.13. The lowest BCUT2D eigenvalue weighted by molar-refractivity contribution is 0.393. The van der Waals surface area contributed by atoms with E-state index in [1.165, 1.54) is 29.0 Å². The Balaban J connectivity index is 0.000000196. The van der Waals surface area contributed by atoms with Crippen molar-refractivity contribution < 1.29 is 18.5 Å². The second kappa shape index (κ2) is 30.8.